The summed E-state index contributed by atoms with van der Waals surface area (Å²) in [5, 5.41) is 0. The van der Waals surface area contributed by atoms with Gasteiger partial charge in [-0.15, -0.1) is 0 Å². The topological polar surface area (TPSA) is 12.5 Å². The van der Waals surface area contributed by atoms with Gasteiger partial charge in [-0.3, -0.25) is 0 Å². The van der Waals surface area contributed by atoms with Gasteiger partial charge in [0, 0.05) is 35.4 Å². The van der Waals surface area contributed by atoms with E-state index in [9.17, 15) is 0 Å². The first-order valence-corrected chi connectivity index (χ1v) is 18.4. The minimum atomic E-state index is -0.0998. The quantitative estimate of drug-likeness (QED) is 0.163. The van der Waals surface area contributed by atoms with Crippen molar-refractivity contribution in [3.63, 3.8) is 0 Å². The van der Waals surface area contributed by atoms with Crippen molar-refractivity contribution in [3.05, 3.63) is 197 Å². The second-order valence-electron chi connectivity index (χ2n) is 14.3. The van der Waals surface area contributed by atoms with Crippen LogP contribution in [0.1, 0.15) is 77.8 Å². The maximum Gasteiger partial charge on any atom is 0.132 e. The fourth-order valence-electron chi connectivity index (χ4n) is 7.58. The van der Waals surface area contributed by atoms with Crippen LogP contribution in [0.25, 0.3) is 5.57 Å². The minimum Gasteiger partial charge on any atom is -0.465 e. The van der Waals surface area contributed by atoms with Crippen LogP contribution in [0.5, 0.6) is 0 Å². The highest BCUT2D eigenvalue weighted by atomic mass is 16.5. The second-order valence-corrected chi connectivity index (χ2v) is 14.3. The zero-order valence-corrected chi connectivity index (χ0v) is 31.0. The second kappa shape index (κ2) is 16.2. The molecule has 0 saturated carbocycles. The van der Waals surface area contributed by atoms with Crippen molar-refractivity contribution in [1.82, 2.24) is 4.90 Å². The monoisotopic (exact) mass is 669 g/mol. The van der Waals surface area contributed by atoms with Gasteiger partial charge >= 0.3 is 0 Å². The lowest BCUT2D eigenvalue weighted by Crippen LogP contribution is -2.32. The maximum atomic E-state index is 6.41. The van der Waals surface area contributed by atoms with E-state index in [-0.39, 0.29) is 11.5 Å². The first kappa shape index (κ1) is 35.6. The molecule has 1 heterocycles. The molecule has 2 heteroatoms. The molecular weight excluding hydrogens is 619 g/mol. The Balaban J connectivity index is 1.40. The first-order valence-electron chi connectivity index (χ1n) is 18.4. The third kappa shape index (κ3) is 8.05. The van der Waals surface area contributed by atoms with Gasteiger partial charge in [0.25, 0.3) is 0 Å². The van der Waals surface area contributed by atoms with Gasteiger partial charge in [0.05, 0.1) is 12.3 Å². The van der Waals surface area contributed by atoms with Gasteiger partial charge in [-0.1, -0.05) is 149 Å². The van der Waals surface area contributed by atoms with Crippen molar-refractivity contribution in [2.45, 2.75) is 78.2 Å². The standard InChI is InChI=1S/C49H51NO/c1-7-8-12-20-41-31-32-51-47-35-43(27-19-29-44(47)36(2)33-41)50(38(4)48-37(3)49(5,6)46-30-16-15-28-45(46)48)42-25-17-23-40(24-18-26-42)34-39-21-13-10-9-11-14-22-39/h7-10,12,14-16,19-23,25,27-33,35,37,43H,2,11,13,17,26,34H2,1,3-6H3/b8-7-,10-9-,20-12-,22-14?,32-31-,39-21+,40-23+,41-33-,42-25+,48-38-. The summed E-state index contributed by atoms with van der Waals surface area (Å²) < 4.78 is 6.41. The summed E-state index contributed by atoms with van der Waals surface area (Å²) in [6, 6.07) is 8.86. The van der Waals surface area contributed by atoms with Gasteiger partial charge in [-0.25, -0.2) is 0 Å². The molecule has 2 unspecified atom stereocenters. The summed E-state index contributed by atoms with van der Waals surface area (Å²) in [5.41, 5.74) is 12.1. The van der Waals surface area contributed by atoms with Crippen LogP contribution in [0, 0.1) is 17.8 Å². The van der Waals surface area contributed by atoms with E-state index >= 15 is 0 Å². The average molecular weight is 670 g/mol. The molecule has 5 aliphatic rings. The van der Waals surface area contributed by atoms with E-state index in [0.29, 0.717) is 12.3 Å². The molecular formula is C49H51NO. The zero-order chi connectivity index (χ0) is 35.8. The highest BCUT2D eigenvalue weighted by Crippen LogP contribution is 2.51. The van der Waals surface area contributed by atoms with Crippen LogP contribution < -0.4 is 0 Å². The van der Waals surface area contributed by atoms with Gasteiger partial charge in [-0.05, 0) is 96.1 Å². The van der Waals surface area contributed by atoms with Gasteiger partial charge in [0.2, 0.25) is 0 Å². The number of nitrogens with zero attached hydrogens (tertiary/aromatic N) is 1. The van der Waals surface area contributed by atoms with Crippen LogP contribution in [0.3, 0.4) is 0 Å². The van der Waals surface area contributed by atoms with Crippen LogP contribution in [-0.4, -0.2) is 10.9 Å². The Morgan fingerprint density at radius 1 is 1.04 bits per heavy atom. The Bertz CT molecular complexity index is 2020. The molecule has 0 bridgehead atoms. The summed E-state index contributed by atoms with van der Waals surface area (Å²) in [5.74, 6) is 8.30. The van der Waals surface area contributed by atoms with E-state index < -0.39 is 0 Å². The minimum absolute atomic E-state index is 0.0185. The van der Waals surface area contributed by atoms with E-state index in [1.807, 2.05) is 31.2 Å². The largest absolute Gasteiger partial charge is 0.465 e. The number of hydrogen-bond acceptors (Lipinski definition) is 2. The highest BCUT2D eigenvalue weighted by molar-refractivity contribution is 5.79. The van der Waals surface area contributed by atoms with Crippen molar-refractivity contribution >= 4 is 5.57 Å². The number of ether oxygens (including phenoxy) is 1. The van der Waals surface area contributed by atoms with E-state index in [4.69, 9.17) is 4.74 Å². The molecule has 51 heavy (non-hydrogen) atoms. The highest BCUT2D eigenvalue weighted by Gasteiger charge is 2.42. The van der Waals surface area contributed by atoms with Crippen molar-refractivity contribution in [2.75, 3.05) is 0 Å². The van der Waals surface area contributed by atoms with E-state index in [1.54, 1.807) is 6.26 Å². The molecule has 0 radical (unpaired) electrons. The summed E-state index contributed by atoms with van der Waals surface area (Å²) in [6.45, 7) is 15.9. The molecule has 0 saturated heterocycles. The van der Waals surface area contributed by atoms with Crippen molar-refractivity contribution < 1.29 is 4.74 Å². The summed E-state index contributed by atoms with van der Waals surface area (Å²) >= 11 is 0. The van der Waals surface area contributed by atoms with Crippen molar-refractivity contribution in [1.29, 1.82) is 0 Å². The fourth-order valence-corrected chi connectivity index (χ4v) is 7.58. The van der Waals surface area contributed by atoms with Crippen LogP contribution in [-0.2, 0) is 10.2 Å². The lowest BCUT2D eigenvalue weighted by molar-refractivity contribution is 0.344. The Labute approximate surface area is 306 Å². The molecule has 4 aliphatic carbocycles. The maximum absolute atomic E-state index is 6.41. The molecule has 0 fully saturated rings. The normalized spacial score (nSPS) is 28.9. The van der Waals surface area contributed by atoms with Crippen LogP contribution in [0.2, 0.25) is 0 Å². The van der Waals surface area contributed by atoms with Crippen LogP contribution >= 0.6 is 0 Å². The first-order chi connectivity index (χ1) is 24.8. The van der Waals surface area contributed by atoms with Gasteiger partial charge < -0.3 is 9.64 Å². The summed E-state index contributed by atoms with van der Waals surface area (Å²) in [7, 11) is 0. The van der Waals surface area contributed by atoms with Crippen molar-refractivity contribution in [2.24, 2.45) is 5.92 Å². The third-order valence-corrected chi connectivity index (χ3v) is 10.6. The predicted molar refractivity (Wildman–Crippen MR) is 217 cm³/mol. The molecule has 2 atom stereocenters. The summed E-state index contributed by atoms with van der Waals surface area (Å²) in [4.78, 5) is 2.51. The smallest absolute Gasteiger partial charge is 0.132 e. The van der Waals surface area contributed by atoms with Gasteiger partial charge in [0.15, 0.2) is 0 Å². The summed E-state index contributed by atoms with van der Waals surface area (Å²) in [6.07, 6.45) is 43.2. The molecule has 0 amide bonds. The zero-order valence-electron chi connectivity index (χ0n) is 31.0. The molecule has 1 aliphatic heterocycles. The number of hydrogen-bond donors (Lipinski definition) is 0. The Kier molecular flexibility index (Phi) is 11.3. The van der Waals surface area contributed by atoms with E-state index in [0.717, 1.165) is 48.2 Å². The third-order valence-electron chi connectivity index (χ3n) is 10.6. The van der Waals surface area contributed by atoms with Crippen LogP contribution in [0.4, 0.5) is 0 Å². The SMILES string of the molecule is C=C1/C=C(/C=C\C=C/C)\C=C/OC2=CC(N(/C(C)=C3\c4ccccc4C(C)(C)C3C)/C3=C/C/C=C(/C/C4=C/C/C=C\CC=C4)C#CC3)C=CC=C12. The Morgan fingerprint density at radius 2 is 1.88 bits per heavy atom. The average Bonchev–Trinajstić information content (AvgIpc) is 3.18. The molecule has 1 aromatic carbocycles. The van der Waals surface area contributed by atoms with Crippen molar-refractivity contribution in [3.8, 4) is 11.8 Å². The predicted octanol–water partition coefficient (Wildman–Crippen LogP) is 12.4. The van der Waals surface area contributed by atoms with E-state index in [2.05, 4.69) is 154 Å². The van der Waals surface area contributed by atoms with E-state index in [1.165, 1.54) is 39.2 Å². The molecule has 6 rings (SSSR count). The molecule has 1 aromatic rings. The Morgan fingerprint density at radius 3 is 2.75 bits per heavy atom. The fraction of sp³-hybridized carbons (Fsp3) is 0.265. The number of benzene rings is 1. The van der Waals surface area contributed by atoms with Gasteiger partial charge in [0.1, 0.15) is 5.76 Å². The molecule has 0 N–H and O–H groups in total. The lowest BCUT2D eigenvalue weighted by atomic mass is 9.78. The number of rotatable bonds is 7. The lowest BCUT2D eigenvalue weighted by Gasteiger charge is -2.36. The molecule has 258 valence electrons. The molecule has 2 nitrogen and oxygen atoms in total. The Hall–Kier alpha value is -5.26. The van der Waals surface area contributed by atoms with Crippen LogP contribution in [0.15, 0.2) is 185 Å². The molecule has 0 aromatic heterocycles. The molecule has 0 spiro atoms. The number of allylic oxidation sites excluding steroid dienone is 22. The number of fused-ring (bicyclic) bond motifs is 2. The van der Waals surface area contributed by atoms with Gasteiger partial charge in [-0.2, -0.15) is 0 Å².